The smallest absolute Gasteiger partial charge is 0.260 e. The van der Waals surface area contributed by atoms with Crippen molar-refractivity contribution in [1.82, 2.24) is 29.4 Å². The van der Waals surface area contributed by atoms with Crippen molar-refractivity contribution in [3.63, 3.8) is 0 Å². The molecule has 0 saturated carbocycles. The number of rotatable bonds is 5. The first-order chi connectivity index (χ1) is 16.9. The van der Waals surface area contributed by atoms with E-state index in [0.717, 1.165) is 48.3 Å². The summed E-state index contributed by atoms with van der Waals surface area (Å²) in [6, 6.07) is 7.78. The average Bonchev–Trinajstić information content (AvgIpc) is 2.86. The summed E-state index contributed by atoms with van der Waals surface area (Å²) < 4.78 is 1.68. The highest BCUT2D eigenvalue weighted by atomic mass is 35.5. The van der Waals surface area contributed by atoms with Gasteiger partial charge in [-0.15, -0.1) is 0 Å². The summed E-state index contributed by atoms with van der Waals surface area (Å²) in [4.78, 5) is 33.8. The Hall–Kier alpha value is -3.36. The highest BCUT2D eigenvalue weighted by molar-refractivity contribution is 6.33. The Morgan fingerprint density at radius 3 is 2.57 bits per heavy atom. The largest absolute Gasteiger partial charge is 0.351 e. The molecule has 1 fully saturated rings. The summed E-state index contributed by atoms with van der Waals surface area (Å²) in [5, 5.41) is 4.72. The third-order valence-corrected chi connectivity index (χ3v) is 6.92. The van der Waals surface area contributed by atoms with E-state index in [4.69, 9.17) is 16.6 Å². The molecule has 1 aliphatic rings. The molecule has 0 spiro atoms. The first-order valence-electron chi connectivity index (χ1n) is 11.9. The van der Waals surface area contributed by atoms with Crippen molar-refractivity contribution >= 4 is 28.6 Å². The molecule has 0 aliphatic carbocycles. The van der Waals surface area contributed by atoms with Crippen molar-refractivity contribution < 1.29 is 0 Å². The maximum Gasteiger partial charge on any atom is 0.260 e. The minimum absolute atomic E-state index is 0.130. The van der Waals surface area contributed by atoms with Gasteiger partial charge in [-0.3, -0.25) is 19.3 Å². The van der Waals surface area contributed by atoms with Crippen LogP contribution in [0.25, 0.3) is 33.4 Å². The molecule has 1 saturated heterocycles. The van der Waals surface area contributed by atoms with Crippen LogP contribution in [0, 0.1) is 6.92 Å². The van der Waals surface area contributed by atoms with Gasteiger partial charge in [0.2, 0.25) is 5.95 Å². The molecule has 180 valence electrons. The number of fused-ring (bicyclic) bond motifs is 1. The van der Waals surface area contributed by atoms with E-state index in [-0.39, 0.29) is 5.56 Å². The lowest BCUT2D eigenvalue weighted by Gasteiger charge is -2.29. The normalized spacial score (nSPS) is 15.0. The van der Waals surface area contributed by atoms with Gasteiger partial charge in [0.25, 0.3) is 5.56 Å². The van der Waals surface area contributed by atoms with Gasteiger partial charge >= 0.3 is 0 Å². The number of nitrogens with zero attached hydrogens (tertiary/aromatic N) is 6. The third-order valence-electron chi connectivity index (χ3n) is 6.61. The Morgan fingerprint density at radius 2 is 1.86 bits per heavy atom. The van der Waals surface area contributed by atoms with Gasteiger partial charge in [0, 0.05) is 58.3 Å². The van der Waals surface area contributed by atoms with Gasteiger partial charge in [0.15, 0.2) is 0 Å². The number of aryl methyl sites for hydroxylation is 2. The van der Waals surface area contributed by atoms with E-state index in [1.54, 1.807) is 23.2 Å². The lowest BCUT2D eigenvalue weighted by molar-refractivity contribution is 0.263. The van der Waals surface area contributed by atoms with E-state index in [0.29, 0.717) is 40.3 Å². The van der Waals surface area contributed by atoms with Crippen LogP contribution in [-0.4, -0.2) is 55.6 Å². The number of aromatic nitrogens is 5. The number of piperidine rings is 1. The van der Waals surface area contributed by atoms with Gasteiger partial charge in [-0.25, -0.2) is 4.98 Å². The Balaban J connectivity index is 1.52. The number of anilines is 1. The highest BCUT2D eigenvalue weighted by Gasteiger charge is 2.19. The fourth-order valence-corrected chi connectivity index (χ4v) is 4.90. The lowest BCUT2D eigenvalue weighted by Crippen LogP contribution is -2.37. The summed E-state index contributed by atoms with van der Waals surface area (Å²) in [6.45, 7) is 6.43. The molecule has 0 bridgehead atoms. The van der Waals surface area contributed by atoms with Crippen LogP contribution in [0.2, 0.25) is 5.02 Å². The molecule has 1 N–H and O–H groups in total. The maximum atomic E-state index is 13.5. The molecule has 9 heteroatoms. The monoisotopic (exact) mass is 489 g/mol. The van der Waals surface area contributed by atoms with Crippen LogP contribution in [0.5, 0.6) is 0 Å². The van der Waals surface area contributed by atoms with E-state index < -0.39 is 0 Å². The number of pyridine rings is 1. The van der Waals surface area contributed by atoms with Crippen LogP contribution in [0.15, 0.2) is 47.7 Å². The second kappa shape index (κ2) is 9.71. The maximum absolute atomic E-state index is 13.5. The molecule has 4 heterocycles. The van der Waals surface area contributed by atoms with Crippen LogP contribution in [0.4, 0.5) is 5.95 Å². The number of likely N-dealkylation sites (tertiary alicyclic amines) is 1. The van der Waals surface area contributed by atoms with Gasteiger partial charge in [-0.2, -0.15) is 4.98 Å². The predicted octanol–water partition coefficient (Wildman–Crippen LogP) is 4.40. The molecule has 1 aliphatic heterocycles. The van der Waals surface area contributed by atoms with Crippen LogP contribution in [0.1, 0.15) is 25.5 Å². The molecule has 5 rings (SSSR count). The Morgan fingerprint density at radius 1 is 1.09 bits per heavy atom. The molecule has 8 nitrogen and oxygen atoms in total. The second-order valence-electron chi connectivity index (χ2n) is 8.99. The van der Waals surface area contributed by atoms with Gasteiger partial charge in [-0.05, 0) is 59.0 Å². The van der Waals surface area contributed by atoms with E-state index >= 15 is 0 Å². The fourth-order valence-electron chi connectivity index (χ4n) is 4.62. The molecule has 4 aromatic rings. The summed E-state index contributed by atoms with van der Waals surface area (Å²) in [5.41, 5.74) is 4.12. The van der Waals surface area contributed by atoms with Crippen molar-refractivity contribution in [2.24, 2.45) is 0 Å². The molecule has 0 unspecified atom stereocenters. The first-order valence-corrected chi connectivity index (χ1v) is 12.3. The van der Waals surface area contributed by atoms with Gasteiger partial charge < -0.3 is 10.2 Å². The first kappa shape index (κ1) is 23.4. The number of benzene rings is 1. The standard InChI is InChI=1S/C26H28ClN7O/c1-4-34-24-18(15-30-26(32-24)31-19-7-11-33(3)12-8-19)13-21(25(34)35)20-6-5-17(14-22(20)27)23-16(2)28-9-10-29-23/h5-6,9-10,13-15,19H,4,7-8,11-12H2,1-3H3,(H,30,31,32). The van der Waals surface area contributed by atoms with E-state index in [2.05, 4.69) is 32.2 Å². The second-order valence-corrected chi connectivity index (χ2v) is 9.39. The van der Waals surface area contributed by atoms with Crippen LogP contribution in [0.3, 0.4) is 0 Å². The van der Waals surface area contributed by atoms with Crippen LogP contribution >= 0.6 is 11.6 Å². The molecule has 0 atom stereocenters. The summed E-state index contributed by atoms with van der Waals surface area (Å²) in [5.74, 6) is 0.558. The SMILES string of the molecule is CCn1c(=O)c(-c2ccc(-c3nccnc3C)cc2Cl)cc2cnc(NC3CCN(C)CC3)nc21. The van der Waals surface area contributed by atoms with E-state index in [1.807, 2.05) is 38.1 Å². The predicted molar refractivity (Wildman–Crippen MR) is 140 cm³/mol. The van der Waals surface area contributed by atoms with Crippen molar-refractivity contribution in [2.75, 3.05) is 25.5 Å². The summed E-state index contributed by atoms with van der Waals surface area (Å²) in [6.07, 6.45) is 7.18. The molecular formula is C26H28ClN7O. The quantitative estimate of drug-likeness (QED) is 0.444. The average molecular weight is 490 g/mol. The van der Waals surface area contributed by atoms with Crippen molar-refractivity contribution in [2.45, 2.75) is 39.3 Å². The van der Waals surface area contributed by atoms with Crippen molar-refractivity contribution in [3.8, 4) is 22.4 Å². The minimum Gasteiger partial charge on any atom is -0.351 e. The molecular weight excluding hydrogens is 462 g/mol. The number of nitrogens with one attached hydrogen (secondary N) is 1. The Bertz CT molecular complexity index is 1440. The molecule has 0 radical (unpaired) electrons. The highest BCUT2D eigenvalue weighted by Crippen LogP contribution is 2.32. The number of hydrogen-bond acceptors (Lipinski definition) is 7. The Labute approximate surface area is 209 Å². The molecule has 0 amide bonds. The topological polar surface area (TPSA) is 88.8 Å². The van der Waals surface area contributed by atoms with Gasteiger partial charge in [-0.1, -0.05) is 23.7 Å². The third kappa shape index (κ3) is 4.63. The van der Waals surface area contributed by atoms with Crippen LogP contribution < -0.4 is 10.9 Å². The van der Waals surface area contributed by atoms with Gasteiger partial charge in [0.1, 0.15) is 5.65 Å². The van der Waals surface area contributed by atoms with Crippen molar-refractivity contribution in [1.29, 1.82) is 0 Å². The zero-order valence-corrected chi connectivity index (χ0v) is 20.9. The van der Waals surface area contributed by atoms with E-state index in [1.165, 1.54) is 0 Å². The zero-order valence-electron chi connectivity index (χ0n) is 20.1. The fraction of sp³-hybridized carbons (Fsp3) is 0.346. The Kier molecular flexibility index (Phi) is 6.49. The summed E-state index contributed by atoms with van der Waals surface area (Å²) in [7, 11) is 2.14. The number of hydrogen-bond donors (Lipinski definition) is 1. The lowest BCUT2D eigenvalue weighted by atomic mass is 10.0. The molecule has 35 heavy (non-hydrogen) atoms. The molecule has 3 aromatic heterocycles. The van der Waals surface area contributed by atoms with E-state index in [9.17, 15) is 4.79 Å². The van der Waals surface area contributed by atoms with Crippen LogP contribution in [-0.2, 0) is 6.54 Å². The number of halogens is 1. The van der Waals surface area contributed by atoms with Gasteiger partial charge in [0.05, 0.1) is 11.4 Å². The molecule has 1 aromatic carbocycles. The minimum atomic E-state index is -0.130. The zero-order chi connectivity index (χ0) is 24.5. The van der Waals surface area contributed by atoms with Crippen molar-refractivity contribution in [3.05, 3.63) is 63.9 Å². The summed E-state index contributed by atoms with van der Waals surface area (Å²) >= 11 is 6.69.